The number of benzene rings is 2. The summed E-state index contributed by atoms with van der Waals surface area (Å²) >= 11 is 1.54. The first kappa shape index (κ1) is 24.4. The van der Waals surface area contributed by atoms with Crippen molar-refractivity contribution in [3.05, 3.63) is 48.0 Å². The Morgan fingerprint density at radius 2 is 1.64 bits per heavy atom. The fourth-order valence-electron chi connectivity index (χ4n) is 4.92. The molecular formula is C26H33F3N2OS. The van der Waals surface area contributed by atoms with Crippen molar-refractivity contribution in [2.45, 2.75) is 60.9 Å². The summed E-state index contributed by atoms with van der Waals surface area (Å²) < 4.78 is 40.1. The molecule has 0 bridgehead atoms. The van der Waals surface area contributed by atoms with Gasteiger partial charge in [0, 0.05) is 22.9 Å². The topological polar surface area (TPSA) is 26.7 Å². The lowest BCUT2D eigenvalue weighted by Crippen LogP contribution is -2.35. The van der Waals surface area contributed by atoms with Gasteiger partial charge in [0.1, 0.15) is 0 Å². The second kappa shape index (κ2) is 11.2. The number of unbranched alkanes of at least 4 members (excludes halogenated alkanes) is 2. The van der Waals surface area contributed by atoms with Crippen LogP contribution in [-0.2, 0) is 6.18 Å². The maximum Gasteiger partial charge on any atom is 0.416 e. The lowest BCUT2D eigenvalue weighted by Gasteiger charge is -2.35. The second-order valence-corrected chi connectivity index (χ2v) is 10.2. The summed E-state index contributed by atoms with van der Waals surface area (Å²) in [6, 6.07) is 12.1. The van der Waals surface area contributed by atoms with Gasteiger partial charge in [-0.25, -0.2) is 0 Å². The van der Waals surface area contributed by atoms with Crippen molar-refractivity contribution < 1.29 is 18.3 Å². The van der Waals surface area contributed by atoms with Gasteiger partial charge in [-0.1, -0.05) is 43.2 Å². The average Bonchev–Trinajstić information content (AvgIpc) is 2.81. The van der Waals surface area contributed by atoms with Gasteiger partial charge in [0.15, 0.2) is 0 Å². The lowest BCUT2D eigenvalue weighted by molar-refractivity contribution is -0.137. The highest BCUT2D eigenvalue weighted by atomic mass is 32.2. The number of alkyl halides is 3. The van der Waals surface area contributed by atoms with Gasteiger partial charge < -0.3 is 14.9 Å². The number of hydrogen-bond acceptors (Lipinski definition) is 4. The smallest absolute Gasteiger partial charge is 0.396 e. The van der Waals surface area contributed by atoms with Crippen molar-refractivity contribution in [1.82, 2.24) is 4.90 Å². The Balaban J connectivity index is 1.36. The van der Waals surface area contributed by atoms with Crippen LogP contribution in [0, 0.1) is 5.92 Å². The predicted octanol–water partition coefficient (Wildman–Crippen LogP) is 6.96. The number of hydrogen-bond donors (Lipinski definition) is 1. The molecular weight excluding hydrogens is 445 g/mol. The summed E-state index contributed by atoms with van der Waals surface area (Å²) in [4.78, 5) is 6.54. The first-order valence-electron chi connectivity index (χ1n) is 12.0. The fourth-order valence-corrected chi connectivity index (χ4v) is 6.00. The monoisotopic (exact) mass is 478 g/mol. The summed E-state index contributed by atoms with van der Waals surface area (Å²) in [7, 11) is 0. The summed E-state index contributed by atoms with van der Waals surface area (Å²) in [6.45, 7) is 4.17. The zero-order chi connectivity index (χ0) is 23.3. The quantitative estimate of drug-likeness (QED) is 0.394. The van der Waals surface area contributed by atoms with Crippen molar-refractivity contribution in [2.75, 3.05) is 37.7 Å². The maximum atomic E-state index is 13.4. The predicted molar refractivity (Wildman–Crippen MR) is 128 cm³/mol. The summed E-state index contributed by atoms with van der Waals surface area (Å²) in [6.07, 6.45) is 3.50. The lowest BCUT2D eigenvalue weighted by atomic mass is 9.91. The van der Waals surface area contributed by atoms with E-state index in [2.05, 4.69) is 9.80 Å². The van der Waals surface area contributed by atoms with Gasteiger partial charge in [0.25, 0.3) is 0 Å². The highest BCUT2D eigenvalue weighted by Crippen LogP contribution is 2.49. The average molecular weight is 479 g/mol. The van der Waals surface area contributed by atoms with Crippen LogP contribution >= 0.6 is 11.8 Å². The van der Waals surface area contributed by atoms with E-state index in [4.69, 9.17) is 5.11 Å². The number of aliphatic hydroxyl groups is 1. The zero-order valence-electron chi connectivity index (χ0n) is 19.0. The molecule has 1 saturated heterocycles. The molecule has 2 aromatic rings. The number of halogens is 3. The first-order chi connectivity index (χ1) is 16.0. The van der Waals surface area contributed by atoms with Crippen LogP contribution in [0.4, 0.5) is 24.5 Å². The Morgan fingerprint density at radius 1 is 0.879 bits per heavy atom. The van der Waals surface area contributed by atoms with Crippen LogP contribution < -0.4 is 4.90 Å². The van der Waals surface area contributed by atoms with E-state index in [1.54, 1.807) is 17.8 Å². The Morgan fingerprint density at radius 3 is 2.39 bits per heavy atom. The molecule has 0 amide bonds. The number of fused-ring (bicyclic) bond motifs is 2. The molecule has 0 unspecified atom stereocenters. The minimum atomic E-state index is -4.34. The van der Waals surface area contributed by atoms with E-state index in [1.807, 2.05) is 24.3 Å². The van der Waals surface area contributed by atoms with Crippen molar-refractivity contribution in [3.8, 4) is 0 Å². The highest BCUT2D eigenvalue weighted by molar-refractivity contribution is 7.99. The van der Waals surface area contributed by atoms with Gasteiger partial charge in [0.2, 0.25) is 0 Å². The van der Waals surface area contributed by atoms with Gasteiger partial charge in [-0.3, -0.25) is 0 Å². The van der Waals surface area contributed by atoms with E-state index < -0.39 is 11.7 Å². The molecule has 1 N–H and O–H groups in total. The van der Waals surface area contributed by atoms with Crippen molar-refractivity contribution in [3.63, 3.8) is 0 Å². The number of likely N-dealkylation sites (tertiary alicyclic amines) is 1. The van der Waals surface area contributed by atoms with Crippen molar-refractivity contribution >= 4 is 23.1 Å². The Kier molecular flexibility index (Phi) is 8.25. The number of aliphatic hydroxyl groups excluding tert-OH is 1. The third-order valence-corrected chi connectivity index (χ3v) is 7.92. The summed E-state index contributed by atoms with van der Waals surface area (Å²) in [5.74, 6) is 0.790. The van der Waals surface area contributed by atoms with Crippen molar-refractivity contribution in [1.29, 1.82) is 0 Å². The van der Waals surface area contributed by atoms with Gasteiger partial charge in [-0.15, -0.1) is 0 Å². The molecule has 2 aromatic carbocycles. The molecule has 33 heavy (non-hydrogen) atoms. The molecule has 4 rings (SSSR count). The molecule has 7 heteroatoms. The van der Waals surface area contributed by atoms with Crippen LogP contribution in [0.25, 0.3) is 0 Å². The SMILES string of the molecule is OCCCCCC1CCN(CCCN2c3ccccc3Sc3ccc(C(F)(F)F)cc32)CC1. The number of para-hydroxylation sites is 1. The minimum Gasteiger partial charge on any atom is -0.396 e. The summed E-state index contributed by atoms with van der Waals surface area (Å²) in [5, 5.41) is 8.91. The standard InChI is InChI=1S/C26H33F3N2OS/c27-26(28,29)21-10-11-25-23(19-21)31(22-8-3-4-9-24(22)33-25)15-6-14-30-16-12-20(13-17-30)7-2-1-5-18-32/h3-4,8-11,19-20,32H,1-2,5-7,12-18H2. The Labute approximate surface area is 199 Å². The van der Waals surface area contributed by atoms with E-state index in [0.717, 1.165) is 60.3 Å². The molecule has 0 spiro atoms. The number of anilines is 2. The molecule has 2 heterocycles. The molecule has 180 valence electrons. The van der Waals surface area contributed by atoms with Crippen LogP contribution in [0.1, 0.15) is 50.5 Å². The van der Waals surface area contributed by atoms with Crippen LogP contribution in [0.5, 0.6) is 0 Å². The largest absolute Gasteiger partial charge is 0.416 e. The maximum absolute atomic E-state index is 13.4. The number of piperidine rings is 1. The van der Waals surface area contributed by atoms with Crippen LogP contribution in [0.2, 0.25) is 0 Å². The van der Waals surface area contributed by atoms with Crippen LogP contribution in [0.15, 0.2) is 52.3 Å². The van der Waals surface area contributed by atoms with Gasteiger partial charge in [-0.05, 0) is 81.6 Å². The molecule has 1 fully saturated rings. The minimum absolute atomic E-state index is 0.292. The molecule has 3 nitrogen and oxygen atoms in total. The summed E-state index contributed by atoms with van der Waals surface area (Å²) in [5.41, 5.74) is 1.07. The van der Waals surface area contributed by atoms with Gasteiger partial charge >= 0.3 is 6.18 Å². The number of rotatable bonds is 9. The zero-order valence-corrected chi connectivity index (χ0v) is 19.8. The van der Waals surface area contributed by atoms with E-state index in [0.29, 0.717) is 18.8 Å². The molecule has 0 radical (unpaired) electrons. The molecule has 0 aromatic heterocycles. The van der Waals surface area contributed by atoms with E-state index in [9.17, 15) is 13.2 Å². The third kappa shape index (κ3) is 6.25. The van der Waals surface area contributed by atoms with Gasteiger partial charge in [0.05, 0.1) is 16.9 Å². The van der Waals surface area contributed by atoms with Crippen LogP contribution in [-0.4, -0.2) is 42.8 Å². The normalized spacial score (nSPS) is 17.2. The van der Waals surface area contributed by atoms with Crippen LogP contribution in [0.3, 0.4) is 0 Å². The molecule has 2 aliphatic heterocycles. The van der Waals surface area contributed by atoms with E-state index in [1.165, 1.54) is 37.8 Å². The second-order valence-electron chi connectivity index (χ2n) is 9.11. The van der Waals surface area contributed by atoms with Crippen molar-refractivity contribution in [2.24, 2.45) is 5.92 Å². The first-order valence-corrected chi connectivity index (χ1v) is 12.9. The van der Waals surface area contributed by atoms with E-state index in [-0.39, 0.29) is 0 Å². The molecule has 0 saturated carbocycles. The number of nitrogens with zero attached hydrogens (tertiary/aromatic N) is 2. The Bertz CT molecular complexity index is 913. The fraction of sp³-hybridized carbons (Fsp3) is 0.538. The van der Waals surface area contributed by atoms with Gasteiger partial charge in [-0.2, -0.15) is 13.2 Å². The Hall–Kier alpha value is -1.70. The molecule has 0 aliphatic carbocycles. The molecule has 2 aliphatic rings. The third-order valence-electron chi connectivity index (χ3n) is 6.79. The van der Waals surface area contributed by atoms with E-state index >= 15 is 0 Å². The molecule has 0 atom stereocenters. The highest BCUT2D eigenvalue weighted by Gasteiger charge is 2.33.